The van der Waals surface area contributed by atoms with Gasteiger partial charge in [-0.1, -0.05) is 0 Å². The summed E-state index contributed by atoms with van der Waals surface area (Å²) in [4.78, 5) is 17.7. The molecule has 6 nitrogen and oxygen atoms in total. The van der Waals surface area contributed by atoms with Crippen LogP contribution in [0.25, 0.3) is 11.4 Å². The molecule has 0 radical (unpaired) electrons. The summed E-state index contributed by atoms with van der Waals surface area (Å²) in [5.74, 6) is -2.25. The highest BCUT2D eigenvalue weighted by Crippen LogP contribution is 2.40. The molecule has 0 aliphatic heterocycles. The Labute approximate surface area is 117 Å². The first-order valence-corrected chi connectivity index (χ1v) is 6.24. The number of nitro groups is 1. The number of nitro benzene ring substituents is 1. The van der Waals surface area contributed by atoms with Crippen LogP contribution < -0.4 is 5.73 Å². The zero-order chi connectivity index (χ0) is 15.1. The van der Waals surface area contributed by atoms with Crippen LogP contribution in [-0.2, 0) is 0 Å². The highest BCUT2D eigenvalue weighted by Gasteiger charge is 2.29. The Morgan fingerprint density at radius 2 is 2.00 bits per heavy atom. The second-order valence-corrected chi connectivity index (χ2v) is 4.83. The monoisotopic (exact) mass is 292 g/mol. The van der Waals surface area contributed by atoms with Crippen LogP contribution in [-0.4, -0.2) is 14.9 Å². The first-order valence-electron chi connectivity index (χ1n) is 6.24. The first kappa shape index (κ1) is 13.3. The number of rotatable bonds is 3. The third-order valence-electron chi connectivity index (χ3n) is 3.25. The van der Waals surface area contributed by atoms with Crippen LogP contribution >= 0.6 is 0 Å². The Morgan fingerprint density at radius 3 is 2.62 bits per heavy atom. The highest BCUT2D eigenvalue weighted by atomic mass is 19.1. The lowest BCUT2D eigenvalue weighted by Crippen LogP contribution is -2.04. The van der Waals surface area contributed by atoms with Crippen LogP contribution in [0.1, 0.15) is 24.5 Å². The van der Waals surface area contributed by atoms with Gasteiger partial charge in [-0.3, -0.25) is 10.1 Å². The molecule has 0 amide bonds. The molecule has 1 saturated carbocycles. The number of aromatic nitrogens is 2. The summed E-state index contributed by atoms with van der Waals surface area (Å²) >= 11 is 0. The maximum atomic E-state index is 14.1. The van der Waals surface area contributed by atoms with Crippen LogP contribution in [0, 0.1) is 21.7 Å². The maximum absolute atomic E-state index is 14.1. The predicted molar refractivity (Wildman–Crippen MR) is 70.4 cm³/mol. The first-order chi connectivity index (χ1) is 9.97. The molecule has 0 atom stereocenters. The molecule has 1 aromatic carbocycles. The van der Waals surface area contributed by atoms with Crippen molar-refractivity contribution >= 4 is 11.5 Å². The van der Waals surface area contributed by atoms with Gasteiger partial charge in [-0.05, 0) is 18.9 Å². The predicted octanol–water partition coefficient (Wildman–Crippen LogP) is 2.79. The van der Waals surface area contributed by atoms with Gasteiger partial charge in [0, 0.05) is 23.7 Å². The van der Waals surface area contributed by atoms with E-state index >= 15 is 0 Å². The van der Waals surface area contributed by atoms with Crippen molar-refractivity contribution < 1.29 is 13.7 Å². The molecule has 1 aliphatic carbocycles. The molecule has 21 heavy (non-hydrogen) atoms. The number of hydrogen-bond acceptors (Lipinski definition) is 5. The highest BCUT2D eigenvalue weighted by molar-refractivity contribution is 5.63. The molecule has 3 rings (SSSR count). The van der Waals surface area contributed by atoms with E-state index in [-0.39, 0.29) is 17.6 Å². The minimum absolute atomic E-state index is 0.0761. The molecule has 1 aromatic heterocycles. The lowest BCUT2D eigenvalue weighted by molar-refractivity contribution is -0.387. The van der Waals surface area contributed by atoms with E-state index in [0.717, 1.165) is 25.0 Å². The van der Waals surface area contributed by atoms with Crippen LogP contribution in [0.4, 0.5) is 20.3 Å². The van der Waals surface area contributed by atoms with E-state index in [4.69, 9.17) is 5.73 Å². The molecular weight excluding hydrogens is 282 g/mol. The molecule has 2 N–H and O–H groups in total. The lowest BCUT2D eigenvalue weighted by Gasteiger charge is -2.07. The fourth-order valence-corrected chi connectivity index (χ4v) is 2.07. The summed E-state index contributed by atoms with van der Waals surface area (Å²) in [6.45, 7) is 0. The second-order valence-electron chi connectivity index (χ2n) is 4.83. The Bertz CT molecular complexity index is 747. The average Bonchev–Trinajstić information content (AvgIpc) is 3.21. The molecular formula is C13H10F2N4O2. The number of nitrogens with zero attached hydrogens (tertiary/aromatic N) is 3. The summed E-state index contributed by atoms with van der Waals surface area (Å²) in [5.41, 5.74) is 4.78. The summed E-state index contributed by atoms with van der Waals surface area (Å²) in [5, 5.41) is 10.7. The Kier molecular flexibility index (Phi) is 3.00. The fraction of sp³-hybridized carbons (Fsp3) is 0.231. The quantitative estimate of drug-likeness (QED) is 0.693. The van der Waals surface area contributed by atoms with E-state index in [9.17, 15) is 18.9 Å². The zero-order valence-corrected chi connectivity index (χ0v) is 10.7. The molecule has 0 bridgehead atoms. The van der Waals surface area contributed by atoms with E-state index in [1.807, 2.05) is 0 Å². The van der Waals surface area contributed by atoms with Crippen molar-refractivity contribution in [2.24, 2.45) is 0 Å². The zero-order valence-electron chi connectivity index (χ0n) is 10.7. The van der Waals surface area contributed by atoms with Crippen LogP contribution in [0.15, 0.2) is 18.2 Å². The summed E-state index contributed by atoms with van der Waals surface area (Å²) in [6, 6.07) is 3.14. The van der Waals surface area contributed by atoms with E-state index in [0.29, 0.717) is 5.69 Å². The van der Waals surface area contributed by atoms with Gasteiger partial charge in [0.25, 0.3) is 0 Å². The molecule has 1 aliphatic rings. The van der Waals surface area contributed by atoms with Crippen molar-refractivity contribution in [3.8, 4) is 11.4 Å². The minimum atomic E-state index is -1.30. The van der Waals surface area contributed by atoms with Gasteiger partial charge >= 0.3 is 5.69 Å². The summed E-state index contributed by atoms with van der Waals surface area (Å²) in [7, 11) is 0. The summed E-state index contributed by atoms with van der Waals surface area (Å²) in [6.07, 6.45) is 1.85. The van der Waals surface area contributed by atoms with Crippen molar-refractivity contribution in [2.45, 2.75) is 18.8 Å². The number of hydrogen-bond donors (Lipinski definition) is 1. The van der Waals surface area contributed by atoms with Crippen molar-refractivity contribution in [3.63, 3.8) is 0 Å². The molecule has 1 fully saturated rings. The van der Waals surface area contributed by atoms with E-state index in [2.05, 4.69) is 9.97 Å². The van der Waals surface area contributed by atoms with E-state index < -0.39 is 27.8 Å². The Hall–Kier alpha value is -2.64. The number of nitrogen functional groups attached to an aromatic ring is 1. The van der Waals surface area contributed by atoms with Crippen molar-refractivity contribution in [1.29, 1.82) is 0 Å². The van der Waals surface area contributed by atoms with Crippen molar-refractivity contribution in [2.75, 3.05) is 5.73 Å². The second kappa shape index (κ2) is 4.72. The van der Waals surface area contributed by atoms with Gasteiger partial charge in [0.05, 0.1) is 10.5 Å². The van der Waals surface area contributed by atoms with E-state index in [1.165, 1.54) is 0 Å². The number of benzene rings is 1. The average molecular weight is 292 g/mol. The fourth-order valence-electron chi connectivity index (χ4n) is 2.07. The van der Waals surface area contributed by atoms with E-state index in [1.54, 1.807) is 6.07 Å². The van der Waals surface area contributed by atoms with Gasteiger partial charge in [0.2, 0.25) is 5.82 Å². The molecule has 108 valence electrons. The number of anilines is 1. The summed E-state index contributed by atoms with van der Waals surface area (Å²) < 4.78 is 28.0. The molecule has 0 spiro atoms. The lowest BCUT2D eigenvalue weighted by atomic mass is 10.1. The van der Waals surface area contributed by atoms with Gasteiger partial charge in [-0.15, -0.1) is 0 Å². The Balaban J connectivity index is 2.20. The third-order valence-corrected chi connectivity index (χ3v) is 3.25. The standard InChI is InChI=1S/C13H10F2N4O2/c14-7-3-4-9(19(20)21)12(15)11(7)13-17-8(6-1-2-6)5-10(16)18-13/h3-6H,1-2H2,(H2,16,17,18). The molecule has 0 saturated heterocycles. The van der Waals surface area contributed by atoms with Crippen molar-refractivity contribution in [3.05, 3.63) is 45.6 Å². The van der Waals surface area contributed by atoms with Crippen LogP contribution in [0.3, 0.4) is 0 Å². The SMILES string of the molecule is Nc1cc(C2CC2)nc(-c2c(F)ccc([N+](=O)[O-])c2F)n1. The topological polar surface area (TPSA) is 94.9 Å². The van der Waals surface area contributed by atoms with Gasteiger partial charge in [0.1, 0.15) is 11.6 Å². The van der Waals surface area contributed by atoms with Gasteiger partial charge < -0.3 is 5.73 Å². The molecule has 2 aromatic rings. The van der Waals surface area contributed by atoms with Crippen LogP contribution in [0.2, 0.25) is 0 Å². The molecule has 1 heterocycles. The molecule has 0 unspecified atom stereocenters. The Morgan fingerprint density at radius 1 is 1.29 bits per heavy atom. The van der Waals surface area contributed by atoms with Gasteiger partial charge in [-0.2, -0.15) is 4.39 Å². The normalized spacial score (nSPS) is 14.2. The third kappa shape index (κ3) is 2.39. The minimum Gasteiger partial charge on any atom is -0.384 e. The van der Waals surface area contributed by atoms with Crippen LogP contribution in [0.5, 0.6) is 0 Å². The van der Waals surface area contributed by atoms with Gasteiger partial charge in [0.15, 0.2) is 5.82 Å². The van der Waals surface area contributed by atoms with Crippen molar-refractivity contribution in [1.82, 2.24) is 9.97 Å². The van der Waals surface area contributed by atoms with Gasteiger partial charge in [-0.25, -0.2) is 14.4 Å². The number of halogens is 2. The largest absolute Gasteiger partial charge is 0.384 e. The maximum Gasteiger partial charge on any atom is 0.305 e. The molecule has 8 heteroatoms. The number of nitrogens with two attached hydrogens (primary N) is 1. The smallest absolute Gasteiger partial charge is 0.305 e.